The number of nitrogens with zero attached hydrogens (tertiary/aromatic N) is 1. The van der Waals surface area contributed by atoms with Crippen molar-refractivity contribution in [3.8, 4) is 0 Å². The van der Waals surface area contributed by atoms with Crippen LogP contribution in [-0.2, 0) is 16.0 Å². The molecule has 0 bridgehead atoms. The van der Waals surface area contributed by atoms with Gasteiger partial charge in [-0.2, -0.15) is 0 Å². The van der Waals surface area contributed by atoms with Gasteiger partial charge < -0.3 is 10.2 Å². The van der Waals surface area contributed by atoms with E-state index in [0.29, 0.717) is 12.2 Å². The quantitative estimate of drug-likeness (QED) is 0.852. The van der Waals surface area contributed by atoms with Crippen LogP contribution in [0.25, 0.3) is 0 Å². The Bertz CT molecular complexity index is 654. The molecule has 1 saturated heterocycles. The average Bonchev–Trinajstić information content (AvgIpc) is 2.86. The fraction of sp³-hybridized carbons (Fsp3) is 0.500. The molecule has 0 aromatic heterocycles. The van der Waals surface area contributed by atoms with E-state index in [9.17, 15) is 18.4 Å². The van der Waals surface area contributed by atoms with Gasteiger partial charge in [0.05, 0.1) is 12.6 Å². The van der Waals surface area contributed by atoms with E-state index in [1.807, 2.05) is 6.07 Å². The number of aryl methyl sites for hydroxylation is 1. The Hall–Kier alpha value is -1.73. The summed E-state index contributed by atoms with van der Waals surface area (Å²) in [6, 6.07) is 4.43. The minimum absolute atomic E-state index is 0. The molecule has 5 nitrogen and oxygen atoms in total. The normalized spacial score (nSPS) is 21.6. The van der Waals surface area contributed by atoms with Crippen molar-refractivity contribution >= 4 is 35.6 Å². The summed E-state index contributed by atoms with van der Waals surface area (Å²) in [6.07, 6.45) is 1.20. The zero-order chi connectivity index (χ0) is 16.6. The van der Waals surface area contributed by atoms with Crippen LogP contribution in [0.3, 0.4) is 0 Å². The molecule has 132 valence electrons. The number of fused-ring (bicyclic) bond motifs is 1. The van der Waals surface area contributed by atoms with Gasteiger partial charge in [0.1, 0.15) is 0 Å². The number of alkyl halides is 2. The van der Waals surface area contributed by atoms with Crippen LogP contribution in [0.4, 0.5) is 20.2 Å². The summed E-state index contributed by atoms with van der Waals surface area (Å²) in [5.41, 5.74) is 2.40. The van der Waals surface area contributed by atoms with Crippen molar-refractivity contribution < 1.29 is 18.4 Å². The first-order chi connectivity index (χ1) is 10.9. The fourth-order valence-corrected chi connectivity index (χ4v) is 3.13. The molecule has 2 aliphatic rings. The second-order valence-corrected chi connectivity index (χ2v) is 6.10. The molecule has 8 heteroatoms. The molecule has 0 radical (unpaired) electrons. The molecule has 1 unspecified atom stereocenters. The lowest BCUT2D eigenvalue weighted by Crippen LogP contribution is -2.36. The highest BCUT2D eigenvalue weighted by atomic mass is 35.5. The maximum atomic E-state index is 13.2. The van der Waals surface area contributed by atoms with Gasteiger partial charge in [0.2, 0.25) is 11.8 Å². The number of amides is 2. The van der Waals surface area contributed by atoms with Crippen LogP contribution in [0.5, 0.6) is 0 Å². The van der Waals surface area contributed by atoms with Gasteiger partial charge in [-0.25, -0.2) is 8.78 Å². The largest absolute Gasteiger partial charge is 0.325 e. The number of benzene rings is 1. The minimum Gasteiger partial charge on any atom is -0.325 e. The van der Waals surface area contributed by atoms with Crippen LogP contribution in [0.15, 0.2) is 18.2 Å². The van der Waals surface area contributed by atoms with Crippen molar-refractivity contribution in [2.75, 3.05) is 23.3 Å². The average molecular weight is 360 g/mol. The van der Waals surface area contributed by atoms with Crippen molar-refractivity contribution in [3.63, 3.8) is 0 Å². The molecule has 2 heterocycles. The van der Waals surface area contributed by atoms with Gasteiger partial charge in [-0.3, -0.25) is 14.9 Å². The molecule has 1 aromatic carbocycles. The lowest BCUT2D eigenvalue weighted by atomic mass is 10.0. The molecule has 2 N–H and O–H groups in total. The predicted octanol–water partition coefficient (Wildman–Crippen LogP) is 2.34. The molecule has 2 aliphatic heterocycles. The molecule has 0 aliphatic carbocycles. The Kier molecular flexibility index (Phi) is 5.45. The zero-order valence-corrected chi connectivity index (χ0v) is 14.1. The van der Waals surface area contributed by atoms with Gasteiger partial charge in [-0.1, -0.05) is 0 Å². The highest BCUT2D eigenvalue weighted by Crippen LogP contribution is 2.30. The molecule has 3 rings (SSSR count). The Morgan fingerprint density at radius 1 is 1.38 bits per heavy atom. The molecule has 1 fully saturated rings. The van der Waals surface area contributed by atoms with E-state index >= 15 is 0 Å². The van der Waals surface area contributed by atoms with E-state index < -0.39 is 30.8 Å². The number of carbonyl (C=O) groups excluding carboxylic acids is 2. The third kappa shape index (κ3) is 3.84. The summed E-state index contributed by atoms with van der Waals surface area (Å²) in [6.45, 7) is 1.74. The van der Waals surface area contributed by atoms with Gasteiger partial charge in [0, 0.05) is 31.3 Å². The number of rotatable bonds is 2. The Labute approximate surface area is 145 Å². The summed E-state index contributed by atoms with van der Waals surface area (Å²) in [5.74, 6) is -3.30. The van der Waals surface area contributed by atoms with Gasteiger partial charge in [0.25, 0.3) is 5.92 Å². The third-order valence-corrected chi connectivity index (χ3v) is 4.27. The monoisotopic (exact) mass is 359 g/mol. The fourth-order valence-electron chi connectivity index (χ4n) is 3.13. The first-order valence-electron chi connectivity index (χ1n) is 7.69. The molecule has 2 amide bonds. The Morgan fingerprint density at radius 3 is 2.75 bits per heavy atom. The summed E-state index contributed by atoms with van der Waals surface area (Å²) in [7, 11) is 0. The van der Waals surface area contributed by atoms with Crippen LogP contribution < -0.4 is 15.5 Å². The molecular weight excluding hydrogens is 340 g/mol. The molecule has 1 aromatic rings. The van der Waals surface area contributed by atoms with Gasteiger partial charge >= 0.3 is 0 Å². The smallest absolute Gasteiger partial charge is 0.262 e. The van der Waals surface area contributed by atoms with Crippen LogP contribution in [-0.4, -0.2) is 36.9 Å². The summed E-state index contributed by atoms with van der Waals surface area (Å²) in [5, 5.41) is 5.21. The van der Waals surface area contributed by atoms with E-state index in [-0.39, 0.29) is 18.3 Å². The van der Waals surface area contributed by atoms with Crippen molar-refractivity contribution in [1.82, 2.24) is 5.32 Å². The number of anilines is 2. The first-order valence-corrected chi connectivity index (χ1v) is 7.69. The van der Waals surface area contributed by atoms with Crippen molar-refractivity contribution in [3.05, 3.63) is 23.8 Å². The van der Waals surface area contributed by atoms with Crippen molar-refractivity contribution in [2.45, 2.75) is 38.2 Å². The predicted molar refractivity (Wildman–Crippen MR) is 90.0 cm³/mol. The Balaban J connectivity index is 0.00000208. The lowest BCUT2D eigenvalue weighted by molar-refractivity contribution is -0.118. The van der Waals surface area contributed by atoms with Crippen LogP contribution >= 0.6 is 12.4 Å². The topological polar surface area (TPSA) is 61.4 Å². The molecule has 0 saturated carbocycles. The highest BCUT2D eigenvalue weighted by Gasteiger charge is 2.42. The van der Waals surface area contributed by atoms with E-state index in [1.165, 1.54) is 6.92 Å². The van der Waals surface area contributed by atoms with Crippen molar-refractivity contribution in [1.29, 1.82) is 0 Å². The highest BCUT2D eigenvalue weighted by molar-refractivity contribution is 5.96. The number of carbonyl (C=O) groups is 2. The summed E-state index contributed by atoms with van der Waals surface area (Å²) >= 11 is 0. The maximum Gasteiger partial charge on any atom is 0.262 e. The SMILES string of the molecule is CC(=O)N1CCCc2cc(NC(=O)C3CC(F)(F)CN3)ccc21.Cl. The standard InChI is InChI=1S/C16H19F2N3O2.ClH/c1-10(22)21-6-2-3-11-7-12(4-5-14(11)21)20-15(23)13-8-16(17,18)9-19-13;/h4-5,7,13,19H,2-3,6,8-9H2,1H3,(H,20,23);1H. The van der Waals surface area contributed by atoms with Crippen LogP contribution in [0, 0.1) is 0 Å². The molecule has 0 spiro atoms. The third-order valence-electron chi connectivity index (χ3n) is 4.27. The van der Waals surface area contributed by atoms with Gasteiger partial charge in [-0.15, -0.1) is 12.4 Å². The number of halogens is 3. The van der Waals surface area contributed by atoms with Gasteiger partial charge in [-0.05, 0) is 36.6 Å². The number of nitrogens with one attached hydrogen (secondary N) is 2. The van der Waals surface area contributed by atoms with Crippen molar-refractivity contribution in [2.24, 2.45) is 0 Å². The second kappa shape index (κ2) is 7.03. The number of hydrogen-bond acceptors (Lipinski definition) is 3. The molecule has 24 heavy (non-hydrogen) atoms. The first kappa shape index (κ1) is 18.6. The summed E-state index contributed by atoms with van der Waals surface area (Å²) < 4.78 is 26.3. The maximum absolute atomic E-state index is 13.2. The molecule has 1 atom stereocenters. The van der Waals surface area contributed by atoms with E-state index in [1.54, 1.807) is 17.0 Å². The zero-order valence-electron chi connectivity index (χ0n) is 13.3. The minimum atomic E-state index is -2.83. The molecular formula is C16H20ClF2N3O2. The van der Waals surface area contributed by atoms with E-state index in [4.69, 9.17) is 0 Å². The van der Waals surface area contributed by atoms with E-state index in [2.05, 4.69) is 10.6 Å². The van der Waals surface area contributed by atoms with Crippen LogP contribution in [0.2, 0.25) is 0 Å². The lowest BCUT2D eigenvalue weighted by Gasteiger charge is -2.29. The summed E-state index contributed by atoms with van der Waals surface area (Å²) in [4.78, 5) is 25.4. The van der Waals surface area contributed by atoms with E-state index in [0.717, 1.165) is 24.1 Å². The van der Waals surface area contributed by atoms with Gasteiger partial charge in [0.15, 0.2) is 0 Å². The number of hydrogen-bond donors (Lipinski definition) is 2. The van der Waals surface area contributed by atoms with Crippen LogP contribution in [0.1, 0.15) is 25.3 Å². The second-order valence-electron chi connectivity index (χ2n) is 6.10. The Morgan fingerprint density at radius 2 is 2.12 bits per heavy atom.